The third kappa shape index (κ3) is 5.85. The van der Waals surface area contributed by atoms with Gasteiger partial charge in [0.25, 0.3) is 0 Å². The molecule has 0 saturated carbocycles. The van der Waals surface area contributed by atoms with E-state index in [0.717, 1.165) is 16.7 Å². The lowest BCUT2D eigenvalue weighted by atomic mass is 10.0. The molecule has 0 spiro atoms. The number of hydrogen-bond donors (Lipinski definition) is 3. The van der Waals surface area contributed by atoms with Crippen LogP contribution in [0.1, 0.15) is 16.7 Å². The Balaban J connectivity index is 1.56. The van der Waals surface area contributed by atoms with E-state index in [1.54, 1.807) is 13.2 Å². The number of rotatable bonds is 7. The van der Waals surface area contributed by atoms with Crippen molar-refractivity contribution in [1.29, 1.82) is 0 Å². The predicted molar refractivity (Wildman–Crippen MR) is 119 cm³/mol. The summed E-state index contributed by atoms with van der Waals surface area (Å²) in [6.07, 6.45) is 0.699. The molecule has 0 heterocycles. The molecule has 0 aliphatic heterocycles. The van der Waals surface area contributed by atoms with Gasteiger partial charge in [-0.2, -0.15) is 0 Å². The van der Waals surface area contributed by atoms with E-state index in [2.05, 4.69) is 16.0 Å². The number of methoxy groups -OCH3 is 1. The highest BCUT2D eigenvalue weighted by molar-refractivity contribution is 5.98. The first-order valence-electron chi connectivity index (χ1n) is 9.66. The van der Waals surface area contributed by atoms with Gasteiger partial charge in [-0.05, 0) is 48.2 Å². The molecular formula is C24H25N3O3. The zero-order chi connectivity index (χ0) is 21.3. The van der Waals surface area contributed by atoms with E-state index in [1.807, 2.05) is 73.7 Å². The van der Waals surface area contributed by atoms with Crippen LogP contribution >= 0.6 is 0 Å². The number of nitrogens with one attached hydrogen (secondary N) is 3. The Morgan fingerprint density at radius 3 is 2.37 bits per heavy atom. The van der Waals surface area contributed by atoms with Gasteiger partial charge >= 0.3 is 6.03 Å². The maximum Gasteiger partial charge on any atom is 0.319 e. The monoisotopic (exact) mass is 403 g/mol. The Morgan fingerprint density at radius 2 is 1.60 bits per heavy atom. The van der Waals surface area contributed by atoms with Gasteiger partial charge < -0.3 is 20.7 Å². The van der Waals surface area contributed by atoms with Gasteiger partial charge in [0.1, 0.15) is 5.75 Å². The highest BCUT2D eigenvalue weighted by Crippen LogP contribution is 2.25. The molecule has 0 aromatic heterocycles. The number of benzene rings is 3. The van der Waals surface area contributed by atoms with Crippen LogP contribution in [-0.4, -0.2) is 25.6 Å². The van der Waals surface area contributed by atoms with Gasteiger partial charge in [0.05, 0.1) is 19.3 Å². The molecule has 0 aliphatic carbocycles. The van der Waals surface area contributed by atoms with Crippen LogP contribution in [0.5, 0.6) is 5.75 Å². The predicted octanol–water partition coefficient (Wildman–Crippen LogP) is 4.35. The molecule has 154 valence electrons. The SMILES string of the molecule is COc1ccc(C)cc1NC(=O)CNC(=O)Nc1ccccc1Cc1ccccc1. The van der Waals surface area contributed by atoms with Gasteiger partial charge in [0.2, 0.25) is 5.91 Å². The zero-order valence-corrected chi connectivity index (χ0v) is 17.1. The maximum atomic E-state index is 12.3. The molecule has 0 fully saturated rings. The van der Waals surface area contributed by atoms with Crippen molar-refractivity contribution in [3.05, 3.63) is 89.5 Å². The fraction of sp³-hybridized carbons (Fsp3) is 0.167. The van der Waals surface area contributed by atoms with Crippen molar-refractivity contribution in [2.24, 2.45) is 0 Å². The summed E-state index contributed by atoms with van der Waals surface area (Å²) in [6, 6.07) is 22.7. The molecule has 0 atom stereocenters. The van der Waals surface area contributed by atoms with Gasteiger partial charge in [0, 0.05) is 5.69 Å². The molecule has 3 aromatic carbocycles. The quantitative estimate of drug-likeness (QED) is 0.549. The van der Waals surface area contributed by atoms with E-state index in [9.17, 15) is 9.59 Å². The second-order valence-electron chi connectivity index (χ2n) is 6.88. The van der Waals surface area contributed by atoms with E-state index in [1.165, 1.54) is 0 Å². The number of amides is 3. The second-order valence-corrected chi connectivity index (χ2v) is 6.88. The largest absolute Gasteiger partial charge is 0.495 e. The highest BCUT2D eigenvalue weighted by atomic mass is 16.5. The van der Waals surface area contributed by atoms with Gasteiger partial charge in [-0.3, -0.25) is 4.79 Å². The van der Waals surface area contributed by atoms with Crippen molar-refractivity contribution in [1.82, 2.24) is 5.32 Å². The number of carbonyl (C=O) groups is 2. The Hall–Kier alpha value is -3.80. The average Bonchev–Trinajstić information content (AvgIpc) is 2.75. The van der Waals surface area contributed by atoms with Crippen molar-refractivity contribution in [2.75, 3.05) is 24.3 Å². The highest BCUT2D eigenvalue weighted by Gasteiger charge is 2.11. The summed E-state index contributed by atoms with van der Waals surface area (Å²) in [5.41, 5.74) is 4.41. The summed E-state index contributed by atoms with van der Waals surface area (Å²) in [4.78, 5) is 24.6. The summed E-state index contributed by atoms with van der Waals surface area (Å²) >= 11 is 0. The van der Waals surface area contributed by atoms with Crippen LogP contribution in [0.25, 0.3) is 0 Å². The lowest BCUT2D eigenvalue weighted by molar-refractivity contribution is -0.115. The fourth-order valence-electron chi connectivity index (χ4n) is 3.05. The first kappa shape index (κ1) is 20.9. The van der Waals surface area contributed by atoms with Crippen LogP contribution in [0.4, 0.5) is 16.2 Å². The van der Waals surface area contributed by atoms with Crippen LogP contribution in [-0.2, 0) is 11.2 Å². The van der Waals surface area contributed by atoms with Crippen molar-refractivity contribution in [2.45, 2.75) is 13.3 Å². The Morgan fingerprint density at radius 1 is 0.867 bits per heavy atom. The molecule has 0 radical (unpaired) electrons. The molecule has 3 N–H and O–H groups in total. The van der Waals surface area contributed by atoms with Crippen molar-refractivity contribution < 1.29 is 14.3 Å². The molecule has 6 heteroatoms. The summed E-state index contributed by atoms with van der Waals surface area (Å²) in [7, 11) is 1.54. The van der Waals surface area contributed by atoms with Gasteiger partial charge in [-0.15, -0.1) is 0 Å². The van der Waals surface area contributed by atoms with Crippen LogP contribution in [0.3, 0.4) is 0 Å². The molecule has 0 unspecified atom stereocenters. The minimum absolute atomic E-state index is 0.163. The van der Waals surface area contributed by atoms with E-state index >= 15 is 0 Å². The number of hydrogen-bond acceptors (Lipinski definition) is 3. The summed E-state index contributed by atoms with van der Waals surface area (Å²) in [5.74, 6) is 0.222. The number of anilines is 2. The number of ether oxygens (including phenoxy) is 1. The molecule has 0 bridgehead atoms. The number of carbonyl (C=O) groups excluding carboxylic acids is 2. The fourth-order valence-corrected chi connectivity index (χ4v) is 3.05. The van der Waals surface area contributed by atoms with Crippen molar-refractivity contribution >= 4 is 23.3 Å². The molecule has 3 aromatic rings. The van der Waals surface area contributed by atoms with E-state index < -0.39 is 6.03 Å². The van der Waals surface area contributed by atoms with Crippen LogP contribution < -0.4 is 20.7 Å². The van der Waals surface area contributed by atoms with E-state index in [4.69, 9.17) is 4.74 Å². The second kappa shape index (κ2) is 10.1. The standard InChI is InChI=1S/C24H25N3O3/c1-17-12-13-22(30-2)21(14-17)26-23(28)16-25-24(29)27-20-11-7-6-10-19(20)15-18-8-4-3-5-9-18/h3-14H,15-16H2,1-2H3,(H,26,28)(H2,25,27,29). The van der Waals surface area contributed by atoms with E-state index in [0.29, 0.717) is 23.5 Å². The molecule has 3 amide bonds. The Bertz CT molecular complexity index is 1020. The number of urea groups is 1. The molecular weight excluding hydrogens is 378 g/mol. The van der Waals surface area contributed by atoms with Crippen LogP contribution in [0.2, 0.25) is 0 Å². The van der Waals surface area contributed by atoms with Crippen molar-refractivity contribution in [3.8, 4) is 5.75 Å². The van der Waals surface area contributed by atoms with Crippen LogP contribution in [0.15, 0.2) is 72.8 Å². The van der Waals surface area contributed by atoms with Gasteiger partial charge in [-0.25, -0.2) is 4.79 Å². The first-order valence-corrected chi connectivity index (χ1v) is 9.66. The lowest BCUT2D eigenvalue weighted by Gasteiger charge is -2.13. The van der Waals surface area contributed by atoms with Gasteiger partial charge in [-0.1, -0.05) is 54.6 Å². The average molecular weight is 403 g/mol. The van der Waals surface area contributed by atoms with Crippen molar-refractivity contribution in [3.63, 3.8) is 0 Å². The zero-order valence-electron chi connectivity index (χ0n) is 17.1. The lowest BCUT2D eigenvalue weighted by Crippen LogP contribution is -2.36. The normalized spacial score (nSPS) is 10.2. The molecule has 6 nitrogen and oxygen atoms in total. The van der Waals surface area contributed by atoms with E-state index in [-0.39, 0.29) is 12.5 Å². The Labute approximate surface area is 176 Å². The Kier molecular flexibility index (Phi) is 7.05. The van der Waals surface area contributed by atoms with Crippen LogP contribution in [0, 0.1) is 6.92 Å². The van der Waals surface area contributed by atoms with Gasteiger partial charge in [0.15, 0.2) is 0 Å². The minimum atomic E-state index is -0.443. The topological polar surface area (TPSA) is 79.5 Å². The third-order valence-corrected chi connectivity index (χ3v) is 4.54. The first-order chi connectivity index (χ1) is 14.5. The number of para-hydroxylation sites is 1. The third-order valence-electron chi connectivity index (χ3n) is 4.54. The summed E-state index contributed by atoms with van der Waals surface area (Å²) < 4.78 is 5.25. The summed E-state index contributed by atoms with van der Waals surface area (Å²) in [6.45, 7) is 1.76. The molecule has 0 aliphatic rings. The molecule has 30 heavy (non-hydrogen) atoms. The minimum Gasteiger partial charge on any atom is -0.495 e. The molecule has 3 rings (SSSR count). The summed E-state index contributed by atoms with van der Waals surface area (Å²) in [5, 5.41) is 8.18. The maximum absolute atomic E-state index is 12.3. The number of aryl methyl sites for hydroxylation is 1. The smallest absolute Gasteiger partial charge is 0.319 e. The molecule has 0 saturated heterocycles.